The molecule has 57 heavy (non-hydrogen) atoms. The van der Waals surface area contributed by atoms with Crippen molar-refractivity contribution in [3.63, 3.8) is 0 Å². The van der Waals surface area contributed by atoms with Gasteiger partial charge in [-0.25, -0.2) is 16.8 Å². The Kier molecular flexibility index (Phi) is 11.2. The Balaban J connectivity index is 0.000000174. The molecule has 2 aromatic carbocycles. The number of H-pyrrole nitrogens is 2. The molecular weight excluding hydrogens is 835 g/mol. The predicted octanol–water partition coefficient (Wildman–Crippen LogP) is 8.16. The Morgan fingerprint density at radius 3 is 1.51 bits per heavy atom. The number of nitriles is 1. The Bertz CT molecular complexity index is 2890. The summed E-state index contributed by atoms with van der Waals surface area (Å²) < 4.78 is 64.2. The van der Waals surface area contributed by atoms with E-state index in [2.05, 4.69) is 36.2 Å². The molecule has 4 heterocycles. The summed E-state index contributed by atoms with van der Waals surface area (Å²) in [5.41, 5.74) is 3.94. The van der Waals surface area contributed by atoms with Crippen LogP contribution in [0.1, 0.15) is 79.8 Å². The number of sulfone groups is 2. The number of nitrogens with one attached hydrogen (secondary N) is 2. The zero-order valence-corrected chi connectivity index (χ0v) is 35.2. The van der Waals surface area contributed by atoms with E-state index in [0.717, 1.165) is 56.9 Å². The molecule has 298 valence electrons. The van der Waals surface area contributed by atoms with Crippen LogP contribution in [0.2, 0.25) is 0 Å². The standard InChI is InChI=1S/C21H21N3O4S.C20H21BrN2O4S/c1-12-20(13(2)28-24-12)15-8-18-17(7-16(10-22)21(25)23-18)19(9-15)29(26,27)11-14-5-3-4-6-14;1-11-19(12(2)27-23-11)14-7-17-15(9-16(21)20(24)22-17)18(8-14)28(25,26)10-13-5-3-4-6-13/h7-9,14H,3-6,11H2,1-2H3,(H,23,25);7-9,13H,3-6,10H2,1-2H3,(H,22,24). The number of fused-ring (bicyclic) bond motifs is 2. The predicted molar refractivity (Wildman–Crippen MR) is 220 cm³/mol. The Morgan fingerprint density at radius 1 is 0.684 bits per heavy atom. The second-order valence-corrected chi connectivity index (χ2v) is 20.1. The van der Waals surface area contributed by atoms with Crippen LogP contribution >= 0.6 is 15.9 Å². The Hall–Kier alpha value is -4.85. The van der Waals surface area contributed by atoms with E-state index in [0.29, 0.717) is 65.9 Å². The SMILES string of the molecule is Cc1noc(C)c1-c1cc(S(=O)(=O)CC2CCCC2)c2cc(Br)c(=O)[nH]c2c1.Cc1noc(C)c1-c1cc(S(=O)(=O)CC2CCCC2)c2cc(C#N)c(=O)[nH]c2c1. The first-order valence-electron chi connectivity index (χ1n) is 18.9. The fourth-order valence-electron chi connectivity index (χ4n) is 8.36. The van der Waals surface area contributed by atoms with E-state index >= 15 is 0 Å². The summed E-state index contributed by atoms with van der Waals surface area (Å²) in [6, 6.07) is 11.6. The van der Waals surface area contributed by atoms with Gasteiger partial charge in [-0.15, -0.1) is 0 Å². The summed E-state index contributed by atoms with van der Waals surface area (Å²) in [7, 11) is -7.16. The number of benzene rings is 2. The molecule has 0 saturated heterocycles. The van der Waals surface area contributed by atoms with Crippen molar-refractivity contribution in [3.05, 3.63) is 90.1 Å². The van der Waals surface area contributed by atoms with E-state index in [-0.39, 0.29) is 44.3 Å². The molecule has 8 rings (SSSR count). The van der Waals surface area contributed by atoms with E-state index in [9.17, 15) is 31.7 Å². The smallest absolute Gasteiger partial charge is 0.266 e. The second-order valence-electron chi connectivity index (χ2n) is 15.2. The van der Waals surface area contributed by atoms with Crippen LogP contribution in [0.25, 0.3) is 44.1 Å². The third-order valence-electron chi connectivity index (χ3n) is 11.1. The van der Waals surface area contributed by atoms with Gasteiger partial charge in [0.1, 0.15) is 23.2 Å². The van der Waals surface area contributed by atoms with Crippen molar-refractivity contribution >= 4 is 57.4 Å². The summed E-state index contributed by atoms with van der Waals surface area (Å²) in [5, 5.41) is 18.0. The molecule has 2 fully saturated rings. The fourth-order valence-corrected chi connectivity index (χ4v) is 12.6. The van der Waals surface area contributed by atoms with Crippen LogP contribution in [-0.2, 0) is 19.7 Å². The second kappa shape index (κ2) is 15.8. The monoisotopic (exact) mass is 875 g/mol. The van der Waals surface area contributed by atoms with Crippen LogP contribution in [-0.4, -0.2) is 48.6 Å². The highest BCUT2D eigenvalue weighted by atomic mass is 79.9. The lowest BCUT2D eigenvalue weighted by Gasteiger charge is -2.14. The Labute approximate surface area is 337 Å². The summed E-state index contributed by atoms with van der Waals surface area (Å²) in [4.78, 5) is 30.1. The molecule has 16 heteroatoms. The Morgan fingerprint density at radius 2 is 1.11 bits per heavy atom. The summed E-state index contributed by atoms with van der Waals surface area (Å²) >= 11 is 3.22. The van der Waals surface area contributed by atoms with E-state index in [4.69, 9.17) is 9.05 Å². The highest BCUT2D eigenvalue weighted by molar-refractivity contribution is 9.10. The summed E-state index contributed by atoms with van der Waals surface area (Å²) in [6.45, 7) is 7.14. The number of halogens is 1. The van der Waals surface area contributed by atoms with Gasteiger partial charge in [-0.05, 0) is 129 Å². The van der Waals surface area contributed by atoms with E-state index < -0.39 is 25.2 Å². The van der Waals surface area contributed by atoms with Crippen LogP contribution in [0.3, 0.4) is 0 Å². The van der Waals surface area contributed by atoms with Crippen LogP contribution in [0.15, 0.2) is 69.3 Å². The van der Waals surface area contributed by atoms with Crippen LogP contribution in [0, 0.1) is 50.9 Å². The van der Waals surface area contributed by atoms with Gasteiger partial charge in [-0.3, -0.25) is 9.59 Å². The molecule has 2 N–H and O–H groups in total. The number of hydrogen-bond donors (Lipinski definition) is 2. The van der Waals surface area contributed by atoms with Gasteiger partial charge >= 0.3 is 0 Å². The number of rotatable bonds is 8. The summed E-state index contributed by atoms with van der Waals surface area (Å²) in [5.74, 6) is 1.69. The van der Waals surface area contributed by atoms with Gasteiger partial charge in [-0.2, -0.15) is 5.26 Å². The third-order valence-corrected chi connectivity index (χ3v) is 15.5. The number of aromatic amines is 2. The number of aromatic nitrogens is 4. The zero-order valence-electron chi connectivity index (χ0n) is 32.0. The molecule has 0 aliphatic heterocycles. The highest BCUT2D eigenvalue weighted by Gasteiger charge is 2.29. The maximum absolute atomic E-state index is 13.4. The lowest BCUT2D eigenvalue weighted by Crippen LogP contribution is -2.16. The topological polar surface area (TPSA) is 210 Å². The lowest BCUT2D eigenvalue weighted by atomic mass is 10.0. The first kappa shape index (κ1) is 40.4. The molecule has 4 aromatic heterocycles. The average Bonchev–Trinajstić information content (AvgIpc) is 3.98. The van der Waals surface area contributed by atoms with Gasteiger partial charge in [-0.1, -0.05) is 36.0 Å². The van der Waals surface area contributed by atoms with Crippen molar-refractivity contribution in [2.24, 2.45) is 11.8 Å². The first-order valence-corrected chi connectivity index (χ1v) is 23.0. The lowest BCUT2D eigenvalue weighted by molar-refractivity contribution is 0.393. The maximum atomic E-state index is 13.4. The molecule has 0 radical (unpaired) electrons. The number of aryl methyl sites for hydroxylation is 4. The molecule has 6 aromatic rings. The van der Waals surface area contributed by atoms with Gasteiger partial charge in [0.25, 0.3) is 11.1 Å². The van der Waals surface area contributed by atoms with Gasteiger partial charge < -0.3 is 19.0 Å². The molecule has 2 aliphatic rings. The molecule has 0 spiro atoms. The molecule has 0 unspecified atom stereocenters. The molecule has 0 bridgehead atoms. The van der Waals surface area contributed by atoms with Crippen molar-refractivity contribution in [2.45, 2.75) is 88.9 Å². The normalized spacial score (nSPS) is 15.3. The minimum Gasteiger partial charge on any atom is -0.361 e. The first-order chi connectivity index (χ1) is 27.1. The number of nitrogens with zero attached hydrogens (tertiary/aromatic N) is 3. The molecule has 13 nitrogen and oxygen atoms in total. The number of pyridine rings is 2. The molecule has 0 atom stereocenters. The fraction of sp³-hybridized carbons (Fsp3) is 0.390. The highest BCUT2D eigenvalue weighted by Crippen LogP contribution is 2.37. The van der Waals surface area contributed by atoms with Gasteiger partial charge in [0.05, 0.1) is 48.2 Å². The average molecular weight is 877 g/mol. The maximum Gasteiger partial charge on any atom is 0.266 e. The van der Waals surface area contributed by atoms with Gasteiger partial charge in [0, 0.05) is 21.9 Å². The van der Waals surface area contributed by atoms with E-state index in [1.54, 1.807) is 51.1 Å². The quantitative estimate of drug-likeness (QED) is 0.149. The molecule has 0 amide bonds. The van der Waals surface area contributed by atoms with Crippen molar-refractivity contribution in [1.82, 2.24) is 20.3 Å². The molecule has 2 aliphatic carbocycles. The zero-order chi connectivity index (χ0) is 40.8. The van der Waals surface area contributed by atoms with Gasteiger partial charge in [0.2, 0.25) is 0 Å². The van der Waals surface area contributed by atoms with Crippen molar-refractivity contribution in [2.75, 3.05) is 11.5 Å². The molecule has 2 saturated carbocycles. The minimum atomic E-state index is -3.63. The summed E-state index contributed by atoms with van der Waals surface area (Å²) in [6.07, 6.45) is 7.96. The van der Waals surface area contributed by atoms with Crippen LogP contribution in [0.4, 0.5) is 0 Å². The molecular formula is C41H42BrN5O8S2. The van der Waals surface area contributed by atoms with E-state index in [1.165, 1.54) is 6.07 Å². The van der Waals surface area contributed by atoms with Crippen molar-refractivity contribution in [1.29, 1.82) is 5.26 Å². The third kappa shape index (κ3) is 8.15. The van der Waals surface area contributed by atoms with E-state index in [1.807, 2.05) is 13.0 Å². The van der Waals surface area contributed by atoms with Crippen LogP contribution in [0.5, 0.6) is 0 Å². The van der Waals surface area contributed by atoms with Crippen LogP contribution < -0.4 is 11.1 Å². The van der Waals surface area contributed by atoms with Crippen molar-refractivity contribution in [3.8, 4) is 28.3 Å². The largest absolute Gasteiger partial charge is 0.361 e. The minimum absolute atomic E-state index is 0.0637. The number of hydrogen-bond acceptors (Lipinski definition) is 11. The van der Waals surface area contributed by atoms with Crippen molar-refractivity contribution < 1.29 is 25.9 Å². The van der Waals surface area contributed by atoms with Gasteiger partial charge in [0.15, 0.2) is 19.7 Å².